The molecule has 5 heterocycles. The van der Waals surface area contributed by atoms with Crippen LogP contribution in [0.25, 0.3) is 176 Å². The number of aromatic nitrogens is 6. The maximum atomic E-state index is 5.82. The molecule has 0 spiro atoms. The van der Waals surface area contributed by atoms with E-state index in [9.17, 15) is 0 Å². The molecular weight excluding hydrogens is 1070 g/mol. The summed E-state index contributed by atoms with van der Waals surface area (Å²) in [5.74, 6) is 0.618. The van der Waals surface area contributed by atoms with Crippen molar-refractivity contribution in [1.29, 1.82) is 0 Å². The Bertz CT molecular complexity index is 6120. The molecule has 6 nitrogen and oxygen atoms in total. The third kappa shape index (κ3) is 7.11. The Labute approximate surface area is 504 Å². The highest BCUT2D eigenvalue weighted by atomic mass is 15.2. The van der Waals surface area contributed by atoms with E-state index in [1.54, 1.807) is 0 Å². The molecule has 0 atom stereocenters. The average molecular weight is 1120 g/mol. The van der Waals surface area contributed by atoms with Crippen LogP contribution < -0.4 is 0 Å². The summed E-state index contributed by atoms with van der Waals surface area (Å²) in [4.78, 5) is 11.5. The Kier molecular flexibility index (Phi) is 10.4. The van der Waals surface area contributed by atoms with Crippen LogP contribution in [0.2, 0.25) is 0 Å². The molecule has 0 radical (unpaired) electrons. The maximum absolute atomic E-state index is 5.82. The fraction of sp³-hybridized carbons (Fsp3) is 0. The van der Waals surface area contributed by atoms with Crippen molar-refractivity contribution >= 4 is 120 Å². The van der Waals surface area contributed by atoms with Gasteiger partial charge in [0.15, 0.2) is 0 Å². The summed E-state index contributed by atoms with van der Waals surface area (Å²) in [5.41, 5.74) is 19.9. The van der Waals surface area contributed by atoms with E-state index in [0.29, 0.717) is 5.95 Å². The summed E-state index contributed by atoms with van der Waals surface area (Å²) in [7, 11) is 0. The minimum atomic E-state index is 0.618. The highest BCUT2D eigenvalue weighted by Crippen LogP contribution is 2.44. The van der Waals surface area contributed by atoms with Crippen molar-refractivity contribution < 1.29 is 0 Å². The molecule has 0 unspecified atom stereocenters. The molecule has 0 aliphatic carbocycles. The molecule has 0 aliphatic heterocycles. The van der Waals surface area contributed by atoms with Crippen LogP contribution in [-0.2, 0) is 0 Å². The second-order valence-corrected chi connectivity index (χ2v) is 23.2. The molecule has 88 heavy (non-hydrogen) atoms. The monoisotopic (exact) mass is 1120 g/mol. The van der Waals surface area contributed by atoms with Crippen molar-refractivity contribution in [3.63, 3.8) is 0 Å². The first-order valence-corrected chi connectivity index (χ1v) is 30.1. The van der Waals surface area contributed by atoms with Crippen molar-refractivity contribution in [2.45, 2.75) is 0 Å². The Morgan fingerprint density at radius 1 is 0.216 bits per heavy atom. The van der Waals surface area contributed by atoms with Gasteiger partial charge in [0.25, 0.3) is 0 Å². The first kappa shape index (κ1) is 48.5. The van der Waals surface area contributed by atoms with Crippen LogP contribution in [0.15, 0.2) is 303 Å². The van der Waals surface area contributed by atoms with Gasteiger partial charge in [0.05, 0.1) is 61.0 Å². The van der Waals surface area contributed by atoms with Crippen molar-refractivity contribution in [2.75, 3.05) is 0 Å². The van der Waals surface area contributed by atoms with E-state index in [-0.39, 0.29) is 0 Å². The molecule has 0 bridgehead atoms. The quantitative estimate of drug-likeness (QED) is 0.149. The molecule has 0 amide bonds. The van der Waals surface area contributed by atoms with E-state index >= 15 is 0 Å². The van der Waals surface area contributed by atoms with Crippen LogP contribution in [0.4, 0.5) is 0 Å². The summed E-state index contributed by atoms with van der Waals surface area (Å²) in [6.07, 6.45) is 0. The summed E-state index contributed by atoms with van der Waals surface area (Å²) in [6, 6.07) is 111. The van der Waals surface area contributed by atoms with Gasteiger partial charge in [-0.05, 0) is 118 Å². The van der Waals surface area contributed by atoms with Crippen molar-refractivity contribution in [3.8, 4) is 56.5 Å². The smallest absolute Gasteiger partial charge is 0.235 e. The van der Waals surface area contributed by atoms with E-state index < -0.39 is 0 Å². The average Bonchev–Trinajstić information content (AvgIpc) is 2.18. The summed E-state index contributed by atoms with van der Waals surface area (Å²) >= 11 is 0. The van der Waals surface area contributed by atoms with E-state index in [4.69, 9.17) is 9.97 Å². The first-order valence-electron chi connectivity index (χ1n) is 30.1. The van der Waals surface area contributed by atoms with Gasteiger partial charge in [0.1, 0.15) is 0 Å². The summed E-state index contributed by atoms with van der Waals surface area (Å²) in [6.45, 7) is 0. The Morgan fingerprint density at radius 2 is 0.580 bits per heavy atom. The van der Waals surface area contributed by atoms with Crippen LogP contribution >= 0.6 is 0 Å². The lowest BCUT2D eigenvalue weighted by atomic mass is 9.96. The standard InChI is InChI=1S/C82H50N6/c1-3-20-56(21-4-1)85-71-31-15-11-27-61(71)65-40-36-52(47-76(65)85)54-38-42-67-63-29-13-17-33-73(63)87(78(67)49-54)75-46-45-69(59-25-9-10-26-60(59)75)81-70-44-35-51-19-7-8-24-58(51)80(70)83-82(84-81)88-74-34-18-14-30-64(74)68-43-39-55(50-79(68)88)53-37-41-66-62-28-12-16-32-72(62)86(77(66)48-53)57-22-5-2-6-23-57/h1-50H. The van der Waals surface area contributed by atoms with E-state index in [2.05, 4.69) is 322 Å². The van der Waals surface area contributed by atoms with Crippen LogP contribution in [-0.4, -0.2) is 28.2 Å². The van der Waals surface area contributed by atoms with Gasteiger partial charge >= 0.3 is 0 Å². The molecule has 19 aromatic rings. The molecule has 5 aromatic heterocycles. The minimum absolute atomic E-state index is 0.618. The van der Waals surface area contributed by atoms with Gasteiger partial charge in [-0.25, -0.2) is 9.97 Å². The van der Waals surface area contributed by atoms with Gasteiger partial charge in [0.2, 0.25) is 5.95 Å². The zero-order valence-corrected chi connectivity index (χ0v) is 47.6. The summed E-state index contributed by atoms with van der Waals surface area (Å²) < 4.78 is 9.56. The minimum Gasteiger partial charge on any atom is -0.309 e. The number of para-hydroxylation sites is 6. The van der Waals surface area contributed by atoms with Gasteiger partial charge in [0, 0.05) is 76.2 Å². The number of benzene rings is 14. The molecule has 0 saturated carbocycles. The Balaban J connectivity index is 0.809. The Hall–Kier alpha value is -11.9. The molecule has 19 rings (SSSR count). The lowest BCUT2D eigenvalue weighted by Gasteiger charge is -2.17. The van der Waals surface area contributed by atoms with Gasteiger partial charge in [-0.2, -0.15) is 0 Å². The molecule has 408 valence electrons. The highest BCUT2D eigenvalue weighted by molar-refractivity contribution is 6.17. The van der Waals surface area contributed by atoms with Gasteiger partial charge < -0.3 is 13.7 Å². The molecule has 0 fully saturated rings. The normalized spacial score (nSPS) is 12.1. The van der Waals surface area contributed by atoms with Crippen molar-refractivity contribution in [2.24, 2.45) is 0 Å². The number of nitrogens with zero attached hydrogens (tertiary/aromatic N) is 6. The van der Waals surface area contributed by atoms with Crippen LogP contribution in [0, 0.1) is 0 Å². The van der Waals surface area contributed by atoms with Crippen molar-refractivity contribution in [3.05, 3.63) is 303 Å². The number of hydrogen-bond acceptors (Lipinski definition) is 2. The molecule has 14 aromatic carbocycles. The number of rotatable bonds is 7. The van der Waals surface area contributed by atoms with E-state index in [0.717, 1.165) is 116 Å². The lowest BCUT2D eigenvalue weighted by Crippen LogP contribution is -2.04. The van der Waals surface area contributed by atoms with Crippen molar-refractivity contribution in [1.82, 2.24) is 28.2 Å². The Morgan fingerprint density at radius 3 is 1.08 bits per heavy atom. The van der Waals surface area contributed by atoms with Crippen LogP contribution in [0.5, 0.6) is 0 Å². The predicted molar refractivity (Wildman–Crippen MR) is 368 cm³/mol. The second kappa shape index (κ2) is 18.8. The second-order valence-electron chi connectivity index (χ2n) is 23.2. The first-order chi connectivity index (χ1) is 43.7. The third-order valence-corrected chi connectivity index (χ3v) is 18.6. The lowest BCUT2D eigenvalue weighted by molar-refractivity contribution is 1.02. The fourth-order valence-electron chi connectivity index (χ4n) is 14.6. The van der Waals surface area contributed by atoms with Gasteiger partial charge in [-0.1, -0.05) is 218 Å². The zero-order chi connectivity index (χ0) is 57.6. The molecular formula is C82H50N6. The SMILES string of the molecule is c1ccc(-n2c3ccccc3c3ccc(-c4ccc5c6ccccc6n(-c6nc(-c7ccc(-n8c9ccccc9c9ccc(-c%10ccc%11c%12ccccc%12n(-c%12ccccc%12)c%11c%10)cc98)c8ccccc78)c7ccc8ccccc8c7n6)c5c4)cc32)cc1. The van der Waals surface area contributed by atoms with Crippen LogP contribution in [0.3, 0.4) is 0 Å². The molecule has 0 saturated heterocycles. The molecule has 6 heteroatoms. The predicted octanol–water partition coefficient (Wildman–Crippen LogP) is 21.3. The molecule has 0 N–H and O–H groups in total. The highest BCUT2D eigenvalue weighted by Gasteiger charge is 2.24. The largest absolute Gasteiger partial charge is 0.309 e. The summed E-state index contributed by atoms with van der Waals surface area (Å²) in [5, 5.41) is 15.1. The van der Waals surface area contributed by atoms with E-state index in [1.807, 2.05) is 0 Å². The number of hydrogen-bond donors (Lipinski definition) is 0. The fourth-order valence-corrected chi connectivity index (χ4v) is 14.6. The maximum Gasteiger partial charge on any atom is 0.235 e. The van der Waals surface area contributed by atoms with Gasteiger partial charge in [-0.3, -0.25) is 4.57 Å². The number of fused-ring (bicyclic) bond motifs is 16. The van der Waals surface area contributed by atoms with Crippen LogP contribution in [0.1, 0.15) is 0 Å². The van der Waals surface area contributed by atoms with E-state index in [1.165, 1.54) is 54.4 Å². The third-order valence-electron chi connectivity index (χ3n) is 18.6. The molecule has 0 aliphatic rings. The zero-order valence-electron chi connectivity index (χ0n) is 47.6. The van der Waals surface area contributed by atoms with Gasteiger partial charge in [-0.15, -0.1) is 0 Å². The topological polar surface area (TPSA) is 45.5 Å².